The summed E-state index contributed by atoms with van der Waals surface area (Å²) >= 11 is 0. The molecule has 4 nitrogen and oxygen atoms in total. The van der Waals surface area contributed by atoms with E-state index in [9.17, 15) is 0 Å². The number of rotatable bonds is 5. The Morgan fingerprint density at radius 1 is 1.44 bits per heavy atom. The second-order valence-electron chi connectivity index (χ2n) is 4.83. The van der Waals surface area contributed by atoms with Crippen LogP contribution in [0.4, 0.5) is 5.69 Å². The van der Waals surface area contributed by atoms with Gasteiger partial charge in [0.25, 0.3) is 0 Å². The van der Waals surface area contributed by atoms with E-state index < -0.39 is 0 Å². The van der Waals surface area contributed by atoms with E-state index in [0.717, 1.165) is 44.0 Å². The SMILES string of the molecule is COc1ccccc1NCCC1CN(C)CCN1. The van der Waals surface area contributed by atoms with Gasteiger partial charge in [-0.05, 0) is 25.6 Å². The van der Waals surface area contributed by atoms with Gasteiger partial charge in [-0.15, -0.1) is 0 Å². The molecule has 1 heterocycles. The minimum atomic E-state index is 0.589. The molecule has 1 saturated heterocycles. The molecule has 0 amide bonds. The summed E-state index contributed by atoms with van der Waals surface area (Å²) < 4.78 is 5.32. The molecule has 0 aliphatic carbocycles. The van der Waals surface area contributed by atoms with E-state index in [1.54, 1.807) is 7.11 Å². The van der Waals surface area contributed by atoms with Gasteiger partial charge in [0.2, 0.25) is 0 Å². The van der Waals surface area contributed by atoms with Crippen LogP contribution in [0.2, 0.25) is 0 Å². The minimum absolute atomic E-state index is 0.589. The van der Waals surface area contributed by atoms with Crippen molar-refractivity contribution >= 4 is 5.69 Å². The van der Waals surface area contributed by atoms with Gasteiger partial charge in [-0.1, -0.05) is 12.1 Å². The van der Waals surface area contributed by atoms with Gasteiger partial charge in [0.05, 0.1) is 12.8 Å². The van der Waals surface area contributed by atoms with Gasteiger partial charge in [0.1, 0.15) is 5.75 Å². The molecule has 0 saturated carbocycles. The fraction of sp³-hybridized carbons (Fsp3) is 0.571. The molecular formula is C14H23N3O. The quantitative estimate of drug-likeness (QED) is 0.827. The number of methoxy groups -OCH3 is 1. The van der Waals surface area contributed by atoms with Crippen LogP contribution in [0.5, 0.6) is 5.75 Å². The molecule has 18 heavy (non-hydrogen) atoms. The number of likely N-dealkylation sites (N-methyl/N-ethyl adjacent to an activating group) is 1. The summed E-state index contributed by atoms with van der Waals surface area (Å²) in [6, 6.07) is 8.64. The van der Waals surface area contributed by atoms with E-state index in [1.165, 1.54) is 0 Å². The fourth-order valence-electron chi connectivity index (χ4n) is 2.36. The van der Waals surface area contributed by atoms with Gasteiger partial charge in [-0.3, -0.25) is 0 Å². The molecule has 1 atom stereocenters. The molecule has 2 rings (SSSR count). The first-order valence-electron chi connectivity index (χ1n) is 6.58. The molecule has 1 aromatic rings. The highest BCUT2D eigenvalue weighted by atomic mass is 16.5. The number of nitrogens with zero attached hydrogens (tertiary/aromatic N) is 1. The average Bonchev–Trinajstić information content (AvgIpc) is 2.39. The van der Waals surface area contributed by atoms with Crippen molar-refractivity contribution in [3.63, 3.8) is 0 Å². The number of hydrogen-bond acceptors (Lipinski definition) is 4. The number of hydrogen-bond donors (Lipinski definition) is 2. The molecule has 2 N–H and O–H groups in total. The Bertz CT molecular complexity index is 370. The van der Waals surface area contributed by atoms with Crippen molar-refractivity contribution < 1.29 is 4.74 Å². The lowest BCUT2D eigenvalue weighted by molar-refractivity contribution is 0.234. The first-order chi connectivity index (χ1) is 8.79. The molecule has 1 fully saturated rings. The van der Waals surface area contributed by atoms with E-state index in [-0.39, 0.29) is 0 Å². The third kappa shape index (κ3) is 3.62. The van der Waals surface area contributed by atoms with Gasteiger partial charge < -0.3 is 20.3 Å². The maximum atomic E-state index is 5.32. The van der Waals surface area contributed by atoms with E-state index in [1.807, 2.05) is 18.2 Å². The van der Waals surface area contributed by atoms with Crippen molar-refractivity contribution in [1.82, 2.24) is 10.2 Å². The second kappa shape index (κ2) is 6.61. The number of para-hydroxylation sites is 2. The third-order valence-electron chi connectivity index (χ3n) is 3.37. The molecule has 4 heteroatoms. The fourth-order valence-corrected chi connectivity index (χ4v) is 2.36. The number of piperazine rings is 1. The van der Waals surface area contributed by atoms with Crippen LogP contribution in [-0.4, -0.2) is 51.3 Å². The van der Waals surface area contributed by atoms with Gasteiger partial charge in [-0.25, -0.2) is 0 Å². The highest BCUT2D eigenvalue weighted by Crippen LogP contribution is 2.22. The summed E-state index contributed by atoms with van der Waals surface area (Å²) in [5.74, 6) is 0.909. The molecule has 1 aromatic carbocycles. The van der Waals surface area contributed by atoms with Gasteiger partial charge >= 0.3 is 0 Å². The predicted molar refractivity (Wildman–Crippen MR) is 75.4 cm³/mol. The number of ether oxygens (including phenoxy) is 1. The molecule has 1 aliphatic heterocycles. The Morgan fingerprint density at radius 2 is 2.28 bits per heavy atom. The van der Waals surface area contributed by atoms with E-state index in [2.05, 4.69) is 28.6 Å². The largest absolute Gasteiger partial charge is 0.495 e. The van der Waals surface area contributed by atoms with Crippen LogP contribution in [0.25, 0.3) is 0 Å². The molecule has 1 unspecified atom stereocenters. The summed E-state index contributed by atoms with van der Waals surface area (Å²) in [6.45, 7) is 4.34. The van der Waals surface area contributed by atoms with Gasteiger partial charge in [0.15, 0.2) is 0 Å². The normalized spacial score (nSPS) is 20.7. The van der Waals surface area contributed by atoms with E-state index in [4.69, 9.17) is 4.74 Å². The molecule has 0 spiro atoms. The van der Waals surface area contributed by atoms with Crippen molar-refractivity contribution in [3.8, 4) is 5.75 Å². The highest BCUT2D eigenvalue weighted by molar-refractivity contribution is 5.55. The maximum absolute atomic E-state index is 5.32. The molecule has 1 aliphatic rings. The van der Waals surface area contributed by atoms with Crippen molar-refractivity contribution in [1.29, 1.82) is 0 Å². The molecule has 0 radical (unpaired) electrons. The standard InChI is InChI=1S/C14H23N3O/c1-17-10-9-15-12(11-17)7-8-16-13-5-3-4-6-14(13)18-2/h3-6,12,15-16H,7-11H2,1-2H3. The zero-order valence-corrected chi connectivity index (χ0v) is 11.3. The lowest BCUT2D eigenvalue weighted by atomic mass is 10.1. The third-order valence-corrected chi connectivity index (χ3v) is 3.37. The Labute approximate surface area is 109 Å². The number of nitrogens with one attached hydrogen (secondary N) is 2. The van der Waals surface area contributed by atoms with Gasteiger partial charge in [-0.2, -0.15) is 0 Å². The monoisotopic (exact) mass is 249 g/mol. The number of anilines is 1. The van der Waals surface area contributed by atoms with Crippen LogP contribution in [0.1, 0.15) is 6.42 Å². The number of benzene rings is 1. The lowest BCUT2D eigenvalue weighted by Crippen LogP contribution is -2.49. The summed E-state index contributed by atoms with van der Waals surface area (Å²) in [7, 11) is 3.89. The lowest BCUT2D eigenvalue weighted by Gasteiger charge is -2.31. The zero-order chi connectivity index (χ0) is 12.8. The first-order valence-corrected chi connectivity index (χ1v) is 6.58. The smallest absolute Gasteiger partial charge is 0.141 e. The van der Waals surface area contributed by atoms with E-state index in [0.29, 0.717) is 6.04 Å². The van der Waals surface area contributed by atoms with Crippen molar-refractivity contribution in [2.24, 2.45) is 0 Å². The zero-order valence-electron chi connectivity index (χ0n) is 11.3. The second-order valence-corrected chi connectivity index (χ2v) is 4.83. The Kier molecular flexibility index (Phi) is 4.84. The Balaban J connectivity index is 1.77. The molecule has 100 valence electrons. The Morgan fingerprint density at radius 3 is 3.06 bits per heavy atom. The topological polar surface area (TPSA) is 36.5 Å². The summed E-state index contributed by atoms with van der Waals surface area (Å²) in [4.78, 5) is 2.38. The van der Waals surface area contributed by atoms with Crippen LogP contribution >= 0.6 is 0 Å². The van der Waals surface area contributed by atoms with Crippen molar-refractivity contribution in [3.05, 3.63) is 24.3 Å². The average molecular weight is 249 g/mol. The highest BCUT2D eigenvalue weighted by Gasteiger charge is 2.15. The summed E-state index contributed by atoms with van der Waals surface area (Å²) in [5, 5.41) is 6.99. The molecular weight excluding hydrogens is 226 g/mol. The summed E-state index contributed by atoms with van der Waals surface area (Å²) in [6.07, 6.45) is 1.13. The minimum Gasteiger partial charge on any atom is -0.495 e. The van der Waals surface area contributed by atoms with Crippen LogP contribution < -0.4 is 15.4 Å². The van der Waals surface area contributed by atoms with Crippen molar-refractivity contribution in [2.75, 3.05) is 45.7 Å². The molecule has 0 bridgehead atoms. The van der Waals surface area contributed by atoms with E-state index >= 15 is 0 Å². The van der Waals surface area contributed by atoms with Crippen LogP contribution in [0, 0.1) is 0 Å². The van der Waals surface area contributed by atoms with Gasteiger partial charge in [0, 0.05) is 32.2 Å². The summed E-state index contributed by atoms with van der Waals surface area (Å²) in [5.41, 5.74) is 1.07. The van der Waals surface area contributed by atoms with Crippen molar-refractivity contribution in [2.45, 2.75) is 12.5 Å². The van der Waals surface area contributed by atoms with Crippen LogP contribution in [-0.2, 0) is 0 Å². The van der Waals surface area contributed by atoms with Crippen LogP contribution in [0.3, 0.4) is 0 Å². The predicted octanol–water partition coefficient (Wildman–Crippen LogP) is 1.40. The first kappa shape index (κ1) is 13.2. The van der Waals surface area contributed by atoms with Crippen LogP contribution in [0.15, 0.2) is 24.3 Å². The maximum Gasteiger partial charge on any atom is 0.141 e. The molecule has 0 aromatic heterocycles. The Hall–Kier alpha value is -1.26.